The fourth-order valence-electron chi connectivity index (χ4n) is 1.84. The Bertz CT molecular complexity index is 623. The van der Waals surface area contributed by atoms with E-state index in [9.17, 15) is 9.90 Å². The molecule has 100 valence electrons. The molecule has 2 rings (SSSR count). The number of benzene rings is 1. The molecular formula is C13H14N2O3S. The van der Waals surface area contributed by atoms with Crippen LogP contribution in [0.4, 0.5) is 0 Å². The Balaban J connectivity index is 2.59. The van der Waals surface area contributed by atoms with Gasteiger partial charge in [-0.25, -0.2) is 4.68 Å². The fourth-order valence-corrected chi connectivity index (χ4v) is 2.38. The number of aromatic nitrogens is 2. The number of aryl methyl sites for hydroxylation is 1. The molecule has 0 unspecified atom stereocenters. The Morgan fingerprint density at radius 2 is 2.21 bits per heavy atom. The highest BCUT2D eigenvalue weighted by molar-refractivity contribution is 7.98. The molecule has 0 aliphatic heterocycles. The van der Waals surface area contributed by atoms with Gasteiger partial charge in [0, 0.05) is 17.5 Å². The van der Waals surface area contributed by atoms with E-state index in [1.54, 1.807) is 32.0 Å². The SMILES string of the molecule is COc1cc(-c2nn(C)c(O)c2C=O)ccc1SC. The zero-order valence-electron chi connectivity index (χ0n) is 10.9. The predicted molar refractivity (Wildman–Crippen MR) is 74.0 cm³/mol. The summed E-state index contributed by atoms with van der Waals surface area (Å²) in [4.78, 5) is 12.1. The molecule has 0 atom stereocenters. The molecule has 0 aliphatic rings. The average Bonchev–Trinajstić information content (AvgIpc) is 2.73. The smallest absolute Gasteiger partial charge is 0.220 e. The minimum atomic E-state index is -0.141. The summed E-state index contributed by atoms with van der Waals surface area (Å²) in [6.45, 7) is 0. The lowest BCUT2D eigenvalue weighted by molar-refractivity contribution is 0.112. The number of carbonyl (C=O) groups excluding carboxylic acids is 1. The van der Waals surface area contributed by atoms with E-state index in [4.69, 9.17) is 4.74 Å². The first kappa shape index (κ1) is 13.5. The van der Waals surface area contributed by atoms with Gasteiger partial charge in [-0.3, -0.25) is 4.79 Å². The van der Waals surface area contributed by atoms with Gasteiger partial charge < -0.3 is 9.84 Å². The normalized spacial score (nSPS) is 10.5. The van der Waals surface area contributed by atoms with Crippen LogP contribution in [0, 0.1) is 0 Å². The van der Waals surface area contributed by atoms with Crippen molar-refractivity contribution >= 4 is 18.0 Å². The van der Waals surface area contributed by atoms with Gasteiger partial charge in [0.1, 0.15) is 17.0 Å². The third-order valence-electron chi connectivity index (χ3n) is 2.83. The molecule has 1 heterocycles. The third-order valence-corrected chi connectivity index (χ3v) is 3.60. The van der Waals surface area contributed by atoms with Gasteiger partial charge >= 0.3 is 0 Å². The highest BCUT2D eigenvalue weighted by Gasteiger charge is 2.17. The van der Waals surface area contributed by atoms with Crippen molar-refractivity contribution < 1.29 is 14.6 Å². The lowest BCUT2D eigenvalue weighted by Crippen LogP contribution is -1.91. The molecular weight excluding hydrogens is 264 g/mol. The standard InChI is InChI=1S/C13H14N2O3S/c1-15-13(17)9(7-16)12(14-15)8-4-5-11(19-3)10(6-8)18-2/h4-7,17H,1-3H3. The number of rotatable bonds is 4. The van der Waals surface area contributed by atoms with Crippen molar-refractivity contribution in [1.82, 2.24) is 9.78 Å². The number of methoxy groups -OCH3 is 1. The van der Waals surface area contributed by atoms with Crippen LogP contribution in [0.3, 0.4) is 0 Å². The summed E-state index contributed by atoms with van der Waals surface area (Å²) in [6.07, 6.45) is 2.56. The number of thioether (sulfide) groups is 1. The molecule has 6 heteroatoms. The van der Waals surface area contributed by atoms with Crippen LogP contribution in [-0.2, 0) is 7.05 Å². The Kier molecular flexibility index (Phi) is 3.80. The number of hydrogen-bond donors (Lipinski definition) is 1. The van der Waals surface area contributed by atoms with E-state index in [0.717, 1.165) is 10.5 Å². The van der Waals surface area contributed by atoms with E-state index < -0.39 is 0 Å². The van der Waals surface area contributed by atoms with E-state index >= 15 is 0 Å². The average molecular weight is 278 g/mol. The van der Waals surface area contributed by atoms with Gasteiger partial charge in [0.15, 0.2) is 6.29 Å². The van der Waals surface area contributed by atoms with Crippen LogP contribution in [0.25, 0.3) is 11.3 Å². The molecule has 0 saturated carbocycles. The number of aldehydes is 1. The summed E-state index contributed by atoms with van der Waals surface area (Å²) < 4.78 is 6.57. The number of nitrogens with zero attached hydrogens (tertiary/aromatic N) is 2. The Hall–Kier alpha value is -1.95. The number of aromatic hydroxyl groups is 1. The molecule has 1 aromatic heterocycles. The van der Waals surface area contributed by atoms with Crippen molar-refractivity contribution in [2.24, 2.45) is 7.05 Å². The number of hydrogen-bond acceptors (Lipinski definition) is 5. The summed E-state index contributed by atoms with van der Waals surface area (Å²) in [5.74, 6) is 0.574. The van der Waals surface area contributed by atoms with Gasteiger partial charge in [0.2, 0.25) is 5.88 Å². The monoisotopic (exact) mass is 278 g/mol. The first-order valence-corrected chi connectivity index (χ1v) is 6.78. The lowest BCUT2D eigenvalue weighted by atomic mass is 10.1. The zero-order valence-corrected chi connectivity index (χ0v) is 11.7. The van der Waals surface area contributed by atoms with Crippen LogP contribution in [0.15, 0.2) is 23.1 Å². The second-order valence-corrected chi connectivity index (χ2v) is 4.75. The van der Waals surface area contributed by atoms with Crippen molar-refractivity contribution in [2.45, 2.75) is 4.90 Å². The second kappa shape index (κ2) is 5.36. The third kappa shape index (κ3) is 2.31. The molecule has 0 aliphatic carbocycles. The molecule has 0 fully saturated rings. The Morgan fingerprint density at radius 1 is 1.47 bits per heavy atom. The van der Waals surface area contributed by atoms with Crippen LogP contribution < -0.4 is 4.74 Å². The van der Waals surface area contributed by atoms with Crippen LogP contribution in [0.5, 0.6) is 11.6 Å². The summed E-state index contributed by atoms with van der Waals surface area (Å²) in [5, 5.41) is 13.9. The molecule has 1 aromatic carbocycles. The van der Waals surface area contributed by atoms with Gasteiger partial charge in [0.05, 0.1) is 7.11 Å². The van der Waals surface area contributed by atoms with Gasteiger partial charge in [-0.1, -0.05) is 6.07 Å². The largest absolute Gasteiger partial charge is 0.496 e. The molecule has 0 spiro atoms. The van der Waals surface area contributed by atoms with Crippen molar-refractivity contribution in [3.05, 3.63) is 23.8 Å². The summed E-state index contributed by atoms with van der Waals surface area (Å²) in [7, 11) is 3.18. The molecule has 0 saturated heterocycles. The maximum atomic E-state index is 11.1. The first-order valence-electron chi connectivity index (χ1n) is 5.56. The summed E-state index contributed by atoms with van der Waals surface area (Å²) in [6, 6.07) is 5.56. The van der Waals surface area contributed by atoms with Gasteiger partial charge in [0.25, 0.3) is 0 Å². The van der Waals surface area contributed by atoms with Crippen LogP contribution in [-0.4, -0.2) is 34.5 Å². The second-order valence-electron chi connectivity index (χ2n) is 3.90. The van der Waals surface area contributed by atoms with E-state index in [-0.39, 0.29) is 11.4 Å². The molecule has 1 N–H and O–H groups in total. The highest BCUT2D eigenvalue weighted by Crippen LogP contribution is 2.34. The van der Waals surface area contributed by atoms with E-state index in [2.05, 4.69) is 5.10 Å². The Labute approximate surface area is 115 Å². The van der Waals surface area contributed by atoms with Crippen LogP contribution in [0.1, 0.15) is 10.4 Å². The van der Waals surface area contributed by atoms with E-state index in [1.807, 2.05) is 18.4 Å². The number of ether oxygens (including phenoxy) is 1. The zero-order chi connectivity index (χ0) is 14.0. The Morgan fingerprint density at radius 3 is 2.79 bits per heavy atom. The minimum absolute atomic E-state index is 0.141. The van der Waals surface area contributed by atoms with Crippen molar-refractivity contribution in [3.63, 3.8) is 0 Å². The predicted octanol–water partition coefficient (Wildman–Crippen LogP) is 2.34. The van der Waals surface area contributed by atoms with Crippen molar-refractivity contribution in [2.75, 3.05) is 13.4 Å². The van der Waals surface area contributed by atoms with Crippen molar-refractivity contribution in [1.29, 1.82) is 0 Å². The molecule has 5 nitrogen and oxygen atoms in total. The van der Waals surface area contributed by atoms with Crippen molar-refractivity contribution in [3.8, 4) is 22.9 Å². The highest BCUT2D eigenvalue weighted by atomic mass is 32.2. The van der Waals surface area contributed by atoms with Gasteiger partial charge in [-0.2, -0.15) is 5.10 Å². The summed E-state index contributed by atoms with van der Waals surface area (Å²) >= 11 is 1.57. The fraction of sp³-hybridized carbons (Fsp3) is 0.231. The number of carbonyl (C=O) groups is 1. The quantitative estimate of drug-likeness (QED) is 0.687. The van der Waals surface area contributed by atoms with E-state index in [1.165, 1.54) is 4.68 Å². The minimum Gasteiger partial charge on any atom is -0.496 e. The van der Waals surface area contributed by atoms with Crippen LogP contribution >= 0.6 is 11.8 Å². The lowest BCUT2D eigenvalue weighted by Gasteiger charge is -2.07. The molecule has 0 bridgehead atoms. The maximum Gasteiger partial charge on any atom is 0.220 e. The molecule has 0 amide bonds. The molecule has 0 radical (unpaired) electrons. The molecule has 19 heavy (non-hydrogen) atoms. The topological polar surface area (TPSA) is 64.3 Å². The summed E-state index contributed by atoms with van der Waals surface area (Å²) in [5.41, 5.74) is 1.36. The molecule has 2 aromatic rings. The van der Waals surface area contributed by atoms with Gasteiger partial charge in [-0.05, 0) is 18.4 Å². The van der Waals surface area contributed by atoms with E-state index in [0.29, 0.717) is 17.7 Å². The first-order chi connectivity index (χ1) is 9.12. The van der Waals surface area contributed by atoms with Gasteiger partial charge in [-0.15, -0.1) is 11.8 Å². The van der Waals surface area contributed by atoms with Crippen LogP contribution in [0.2, 0.25) is 0 Å². The maximum absolute atomic E-state index is 11.1.